The zero-order valence-electron chi connectivity index (χ0n) is 9.40. The lowest BCUT2D eigenvalue weighted by molar-refractivity contribution is 0.231. The third kappa shape index (κ3) is 2.07. The van der Waals surface area contributed by atoms with E-state index in [0.717, 1.165) is 6.04 Å². The molecule has 1 atom stereocenters. The molecule has 2 aliphatic rings. The van der Waals surface area contributed by atoms with Gasteiger partial charge in [-0.15, -0.1) is 0 Å². The topological polar surface area (TPSA) is 6.48 Å². The van der Waals surface area contributed by atoms with Gasteiger partial charge in [-0.2, -0.15) is 0 Å². The quantitative estimate of drug-likeness (QED) is 0.731. The maximum absolute atomic E-state index is 2.66. The summed E-state index contributed by atoms with van der Waals surface area (Å²) in [6, 6.07) is 9.74. The first kappa shape index (κ1) is 10.8. The van der Waals surface area contributed by atoms with Crippen LogP contribution in [0.25, 0.3) is 0 Å². The van der Waals surface area contributed by atoms with Crippen molar-refractivity contribution in [2.75, 3.05) is 31.1 Å². The molecule has 1 aromatic carbocycles. The molecule has 2 fully saturated rings. The summed E-state index contributed by atoms with van der Waals surface area (Å²) in [4.78, 5) is 5.20. The normalized spacial score (nSPS) is 25.8. The molecule has 1 unspecified atom stereocenters. The van der Waals surface area contributed by atoms with Gasteiger partial charge in [0.15, 0.2) is 0 Å². The van der Waals surface area contributed by atoms with Crippen LogP contribution in [-0.4, -0.2) is 37.1 Å². The molecule has 2 heterocycles. The molecule has 86 valence electrons. The second kappa shape index (κ2) is 4.53. The highest BCUT2D eigenvalue weighted by atomic mass is 127. The Labute approximate surface area is 111 Å². The molecule has 0 N–H and O–H groups in total. The Balaban J connectivity index is 1.74. The van der Waals surface area contributed by atoms with Crippen molar-refractivity contribution >= 4 is 28.3 Å². The minimum Gasteiger partial charge on any atom is -0.369 e. The molecular formula is C13H17IN2. The molecular weight excluding hydrogens is 311 g/mol. The lowest BCUT2D eigenvalue weighted by atomic mass is 10.1. The van der Waals surface area contributed by atoms with Gasteiger partial charge in [0.1, 0.15) is 0 Å². The highest BCUT2D eigenvalue weighted by molar-refractivity contribution is 14.1. The summed E-state index contributed by atoms with van der Waals surface area (Å²) in [5.41, 5.74) is 1.40. The second-order valence-electron chi connectivity index (χ2n) is 4.75. The Bertz CT molecular complexity index is 363. The van der Waals surface area contributed by atoms with Crippen LogP contribution in [0.2, 0.25) is 0 Å². The van der Waals surface area contributed by atoms with Gasteiger partial charge in [0, 0.05) is 34.9 Å². The molecule has 0 bridgehead atoms. The summed E-state index contributed by atoms with van der Waals surface area (Å²) < 4.78 is 1.32. The van der Waals surface area contributed by atoms with Crippen molar-refractivity contribution in [2.24, 2.45) is 0 Å². The molecule has 0 radical (unpaired) electrons. The van der Waals surface area contributed by atoms with Crippen molar-refractivity contribution in [3.8, 4) is 0 Å². The van der Waals surface area contributed by atoms with Crippen LogP contribution in [0.1, 0.15) is 12.8 Å². The van der Waals surface area contributed by atoms with Crippen LogP contribution >= 0.6 is 22.6 Å². The van der Waals surface area contributed by atoms with Crippen LogP contribution < -0.4 is 4.90 Å². The average Bonchev–Trinajstić information content (AvgIpc) is 2.77. The van der Waals surface area contributed by atoms with Crippen LogP contribution in [0, 0.1) is 3.57 Å². The third-order valence-corrected chi connectivity index (χ3v) is 4.50. The average molecular weight is 328 g/mol. The first-order valence-corrected chi connectivity index (χ1v) is 7.15. The zero-order chi connectivity index (χ0) is 11.0. The monoisotopic (exact) mass is 328 g/mol. The smallest absolute Gasteiger partial charge is 0.0367 e. The second-order valence-corrected chi connectivity index (χ2v) is 6.00. The standard InChI is InChI=1S/C13H17IN2/c14-11-3-5-12(6-4-11)16-9-8-15-7-1-2-13(15)10-16/h3-6,13H,1-2,7-10H2. The molecule has 16 heavy (non-hydrogen) atoms. The third-order valence-electron chi connectivity index (χ3n) is 3.78. The lowest BCUT2D eigenvalue weighted by Crippen LogP contribution is -2.50. The number of fused-ring (bicyclic) bond motifs is 1. The number of hydrogen-bond acceptors (Lipinski definition) is 2. The Morgan fingerprint density at radius 1 is 1.06 bits per heavy atom. The van der Waals surface area contributed by atoms with E-state index in [1.165, 1.54) is 48.3 Å². The Kier molecular flexibility index (Phi) is 3.07. The van der Waals surface area contributed by atoms with Crippen LogP contribution in [0.15, 0.2) is 24.3 Å². The molecule has 1 aromatic rings. The fourth-order valence-corrected chi connectivity index (χ4v) is 3.24. The number of nitrogens with zero attached hydrogens (tertiary/aromatic N) is 2. The molecule has 0 aromatic heterocycles. The molecule has 3 heteroatoms. The van der Waals surface area contributed by atoms with E-state index in [4.69, 9.17) is 0 Å². The first-order valence-electron chi connectivity index (χ1n) is 6.07. The minimum absolute atomic E-state index is 0.813. The molecule has 3 rings (SSSR count). The predicted molar refractivity (Wildman–Crippen MR) is 76.0 cm³/mol. The molecule has 0 amide bonds. The van der Waals surface area contributed by atoms with E-state index in [0.29, 0.717) is 0 Å². The van der Waals surface area contributed by atoms with E-state index in [-0.39, 0.29) is 0 Å². The molecule has 2 nitrogen and oxygen atoms in total. The van der Waals surface area contributed by atoms with Crippen LogP contribution in [0.5, 0.6) is 0 Å². The highest BCUT2D eigenvalue weighted by Gasteiger charge is 2.30. The number of benzene rings is 1. The summed E-state index contributed by atoms with van der Waals surface area (Å²) in [6.45, 7) is 4.99. The van der Waals surface area contributed by atoms with Gasteiger partial charge in [-0.1, -0.05) is 0 Å². The first-order chi connectivity index (χ1) is 7.83. The van der Waals surface area contributed by atoms with Crippen molar-refractivity contribution in [2.45, 2.75) is 18.9 Å². The number of anilines is 1. The largest absolute Gasteiger partial charge is 0.369 e. The molecule has 2 saturated heterocycles. The fraction of sp³-hybridized carbons (Fsp3) is 0.538. The Hall–Kier alpha value is -0.290. The number of halogens is 1. The van der Waals surface area contributed by atoms with Crippen LogP contribution in [0.3, 0.4) is 0 Å². The van der Waals surface area contributed by atoms with Gasteiger partial charge in [-0.25, -0.2) is 0 Å². The van der Waals surface area contributed by atoms with E-state index in [1.807, 2.05) is 0 Å². The fourth-order valence-electron chi connectivity index (χ4n) is 2.88. The van der Waals surface area contributed by atoms with Crippen molar-refractivity contribution in [1.29, 1.82) is 0 Å². The number of hydrogen-bond donors (Lipinski definition) is 0. The molecule has 2 aliphatic heterocycles. The lowest BCUT2D eigenvalue weighted by Gasteiger charge is -2.38. The van der Waals surface area contributed by atoms with Crippen molar-refractivity contribution in [3.05, 3.63) is 27.8 Å². The minimum atomic E-state index is 0.813. The van der Waals surface area contributed by atoms with Crippen LogP contribution in [0.4, 0.5) is 5.69 Å². The highest BCUT2D eigenvalue weighted by Crippen LogP contribution is 2.25. The van der Waals surface area contributed by atoms with E-state index in [9.17, 15) is 0 Å². The van der Waals surface area contributed by atoms with Crippen molar-refractivity contribution < 1.29 is 0 Å². The van der Waals surface area contributed by atoms with Crippen molar-refractivity contribution in [3.63, 3.8) is 0 Å². The van der Waals surface area contributed by atoms with Gasteiger partial charge in [0.05, 0.1) is 0 Å². The molecule has 0 aliphatic carbocycles. The van der Waals surface area contributed by atoms with E-state index >= 15 is 0 Å². The van der Waals surface area contributed by atoms with Gasteiger partial charge in [-0.05, 0) is 66.2 Å². The number of piperazine rings is 1. The van der Waals surface area contributed by atoms with Gasteiger partial charge < -0.3 is 4.90 Å². The van der Waals surface area contributed by atoms with Gasteiger partial charge in [0.25, 0.3) is 0 Å². The summed E-state index contributed by atoms with van der Waals surface area (Å²) in [6.07, 6.45) is 2.78. The molecule has 0 saturated carbocycles. The van der Waals surface area contributed by atoms with Crippen molar-refractivity contribution in [1.82, 2.24) is 4.90 Å². The van der Waals surface area contributed by atoms with E-state index < -0.39 is 0 Å². The van der Waals surface area contributed by atoms with Gasteiger partial charge >= 0.3 is 0 Å². The zero-order valence-corrected chi connectivity index (χ0v) is 11.6. The van der Waals surface area contributed by atoms with E-state index in [1.54, 1.807) is 0 Å². The van der Waals surface area contributed by atoms with Gasteiger partial charge in [0.2, 0.25) is 0 Å². The molecule has 0 spiro atoms. The number of rotatable bonds is 1. The summed E-state index contributed by atoms with van der Waals surface area (Å²) in [7, 11) is 0. The maximum Gasteiger partial charge on any atom is 0.0367 e. The summed E-state index contributed by atoms with van der Waals surface area (Å²) in [5.74, 6) is 0. The Morgan fingerprint density at radius 2 is 1.88 bits per heavy atom. The SMILES string of the molecule is Ic1ccc(N2CCN3CCCC3C2)cc1. The summed E-state index contributed by atoms with van der Waals surface area (Å²) in [5, 5.41) is 0. The Morgan fingerprint density at radius 3 is 2.69 bits per heavy atom. The van der Waals surface area contributed by atoms with Crippen LogP contribution in [-0.2, 0) is 0 Å². The summed E-state index contributed by atoms with van der Waals surface area (Å²) >= 11 is 2.37. The van der Waals surface area contributed by atoms with Gasteiger partial charge in [-0.3, -0.25) is 4.90 Å². The maximum atomic E-state index is 2.66. The van der Waals surface area contributed by atoms with E-state index in [2.05, 4.69) is 56.7 Å². The predicted octanol–water partition coefficient (Wildman–Crippen LogP) is 2.58.